The fourth-order valence-electron chi connectivity index (χ4n) is 2.21. The van der Waals surface area contributed by atoms with E-state index in [9.17, 15) is 17.6 Å². The standard InChI is InChI=1S/C16H8F4N4O/c1-25-9-4-2-3-8(5-9)11-7-24(23-22-11)16-14(19)12(17)10(6-21)13(18)15(16)20/h2-5,7H,1H3. The zero-order valence-corrected chi connectivity index (χ0v) is 12.6. The van der Waals surface area contributed by atoms with Gasteiger partial charge in [0.1, 0.15) is 28.8 Å². The van der Waals surface area contributed by atoms with E-state index in [1.165, 1.54) is 7.11 Å². The molecule has 0 aliphatic carbocycles. The lowest BCUT2D eigenvalue weighted by Crippen LogP contribution is -2.10. The minimum absolute atomic E-state index is 0.197. The van der Waals surface area contributed by atoms with E-state index >= 15 is 0 Å². The van der Waals surface area contributed by atoms with Gasteiger partial charge in [-0.25, -0.2) is 22.2 Å². The van der Waals surface area contributed by atoms with Gasteiger partial charge in [0.15, 0.2) is 23.3 Å². The van der Waals surface area contributed by atoms with Crippen molar-refractivity contribution in [1.29, 1.82) is 5.26 Å². The zero-order chi connectivity index (χ0) is 18.1. The highest BCUT2D eigenvalue weighted by molar-refractivity contribution is 5.60. The lowest BCUT2D eigenvalue weighted by atomic mass is 10.1. The Hall–Kier alpha value is -3.41. The maximum absolute atomic E-state index is 14.1. The van der Waals surface area contributed by atoms with E-state index in [-0.39, 0.29) is 5.69 Å². The summed E-state index contributed by atoms with van der Waals surface area (Å²) >= 11 is 0. The molecule has 0 unspecified atom stereocenters. The number of hydrogen-bond acceptors (Lipinski definition) is 4. The first-order valence-corrected chi connectivity index (χ1v) is 6.81. The maximum atomic E-state index is 14.1. The third-order valence-corrected chi connectivity index (χ3v) is 3.44. The van der Waals surface area contributed by atoms with E-state index in [1.807, 2.05) is 0 Å². The van der Waals surface area contributed by atoms with Crippen LogP contribution in [0.15, 0.2) is 30.5 Å². The molecule has 3 aromatic rings. The number of halogens is 4. The van der Waals surface area contributed by atoms with E-state index in [0.717, 1.165) is 12.3 Å². The molecule has 0 amide bonds. The number of nitrogens with zero attached hydrogens (tertiary/aromatic N) is 4. The first-order valence-electron chi connectivity index (χ1n) is 6.81. The van der Waals surface area contributed by atoms with E-state index in [2.05, 4.69) is 10.3 Å². The first-order chi connectivity index (χ1) is 12.0. The van der Waals surface area contributed by atoms with Crippen molar-refractivity contribution in [2.75, 3.05) is 7.11 Å². The fraction of sp³-hybridized carbons (Fsp3) is 0.0625. The number of nitriles is 1. The summed E-state index contributed by atoms with van der Waals surface area (Å²) in [5.41, 5.74) is -1.73. The highest BCUT2D eigenvalue weighted by atomic mass is 19.2. The van der Waals surface area contributed by atoms with Crippen LogP contribution in [0.1, 0.15) is 5.56 Å². The predicted molar refractivity (Wildman–Crippen MR) is 77.9 cm³/mol. The molecule has 2 aromatic carbocycles. The summed E-state index contributed by atoms with van der Waals surface area (Å²) in [4.78, 5) is 0. The molecule has 9 heteroatoms. The van der Waals surface area contributed by atoms with Gasteiger partial charge in [0.25, 0.3) is 0 Å². The summed E-state index contributed by atoms with van der Waals surface area (Å²) in [7, 11) is 1.46. The van der Waals surface area contributed by atoms with Crippen molar-refractivity contribution in [3.63, 3.8) is 0 Å². The molecule has 0 aliphatic heterocycles. The van der Waals surface area contributed by atoms with Crippen molar-refractivity contribution in [3.05, 3.63) is 59.3 Å². The van der Waals surface area contributed by atoms with Crippen molar-refractivity contribution in [2.24, 2.45) is 0 Å². The molecule has 0 bridgehead atoms. The molecular formula is C16H8F4N4O. The number of methoxy groups -OCH3 is 1. The summed E-state index contributed by atoms with van der Waals surface area (Å²) in [6, 6.07) is 7.66. The Morgan fingerprint density at radius 2 is 1.76 bits per heavy atom. The Labute approximate surface area is 138 Å². The number of hydrogen-bond donors (Lipinski definition) is 0. The minimum Gasteiger partial charge on any atom is -0.497 e. The third-order valence-electron chi connectivity index (χ3n) is 3.44. The maximum Gasteiger partial charge on any atom is 0.189 e. The van der Waals surface area contributed by atoms with Crippen LogP contribution >= 0.6 is 0 Å². The lowest BCUT2D eigenvalue weighted by molar-refractivity contribution is 0.415. The average Bonchev–Trinajstić information content (AvgIpc) is 3.10. The highest BCUT2D eigenvalue weighted by Crippen LogP contribution is 2.28. The van der Waals surface area contributed by atoms with Crippen molar-refractivity contribution < 1.29 is 22.3 Å². The average molecular weight is 348 g/mol. The van der Waals surface area contributed by atoms with Gasteiger partial charge in [0, 0.05) is 5.56 Å². The molecule has 1 heterocycles. The second-order valence-electron chi connectivity index (χ2n) is 4.87. The van der Waals surface area contributed by atoms with Crippen LogP contribution in [-0.2, 0) is 0 Å². The monoisotopic (exact) mass is 348 g/mol. The molecule has 0 spiro atoms. The molecule has 0 saturated heterocycles. The molecule has 126 valence electrons. The Kier molecular flexibility index (Phi) is 4.10. The van der Waals surface area contributed by atoms with Crippen LogP contribution < -0.4 is 4.74 Å². The molecule has 0 atom stereocenters. The molecule has 0 aliphatic rings. The van der Waals surface area contributed by atoms with Crippen molar-refractivity contribution in [2.45, 2.75) is 0 Å². The van der Waals surface area contributed by atoms with Crippen LogP contribution in [0.25, 0.3) is 16.9 Å². The highest BCUT2D eigenvalue weighted by Gasteiger charge is 2.27. The van der Waals surface area contributed by atoms with E-state index in [0.29, 0.717) is 16.0 Å². The Balaban J connectivity index is 2.14. The minimum atomic E-state index is -1.80. The Bertz CT molecular complexity index is 981. The van der Waals surface area contributed by atoms with E-state index in [1.54, 1.807) is 24.3 Å². The Morgan fingerprint density at radius 3 is 2.36 bits per heavy atom. The number of rotatable bonds is 3. The van der Waals surface area contributed by atoms with E-state index in [4.69, 9.17) is 10.00 Å². The van der Waals surface area contributed by atoms with Crippen LogP contribution in [-0.4, -0.2) is 22.1 Å². The largest absolute Gasteiger partial charge is 0.497 e. The fourth-order valence-corrected chi connectivity index (χ4v) is 2.21. The molecular weight excluding hydrogens is 340 g/mol. The van der Waals surface area contributed by atoms with Gasteiger partial charge in [-0.2, -0.15) is 5.26 Å². The molecule has 0 radical (unpaired) electrons. The van der Waals surface area contributed by atoms with Gasteiger partial charge in [-0.1, -0.05) is 17.3 Å². The molecule has 0 saturated carbocycles. The topological polar surface area (TPSA) is 63.7 Å². The molecule has 1 aromatic heterocycles. The van der Waals surface area contributed by atoms with Crippen LogP contribution in [0.3, 0.4) is 0 Å². The first kappa shape index (κ1) is 16.4. The van der Waals surface area contributed by atoms with Crippen LogP contribution in [0.5, 0.6) is 5.75 Å². The van der Waals surface area contributed by atoms with Gasteiger partial charge in [0.2, 0.25) is 0 Å². The summed E-state index contributed by atoms with van der Waals surface area (Å²) in [6.07, 6.45) is 1.10. The number of aromatic nitrogens is 3. The van der Waals surface area contributed by atoms with Crippen molar-refractivity contribution >= 4 is 0 Å². The van der Waals surface area contributed by atoms with Gasteiger partial charge in [-0.3, -0.25) is 0 Å². The van der Waals surface area contributed by atoms with Gasteiger partial charge in [0.05, 0.1) is 13.3 Å². The summed E-state index contributed by atoms with van der Waals surface area (Å²) < 4.78 is 61.2. The van der Waals surface area contributed by atoms with Gasteiger partial charge in [-0.15, -0.1) is 5.10 Å². The summed E-state index contributed by atoms with van der Waals surface area (Å²) in [6.45, 7) is 0. The normalized spacial score (nSPS) is 10.6. The number of benzene rings is 2. The summed E-state index contributed by atoms with van der Waals surface area (Å²) in [5.74, 6) is -6.56. The second kappa shape index (κ2) is 6.24. The van der Waals surface area contributed by atoms with Gasteiger partial charge >= 0.3 is 0 Å². The Morgan fingerprint density at radius 1 is 1.08 bits per heavy atom. The smallest absolute Gasteiger partial charge is 0.189 e. The lowest BCUT2D eigenvalue weighted by Gasteiger charge is -2.07. The predicted octanol–water partition coefficient (Wildman–Crippen LogP) is 3.37. The van der Waals surface area contributed by atoms with E-state index < -0.39 is 34.5 Å². The molecule has 5 nitrogen and oxygen atoms in total. The molecule has 0 N–H and O–H groups in total. The number of ether oxygens (including phenoxy) is 1. The van der Waals surface area contributed by atoms with Crippen molar-refractivity contribution in [1.82, 2.24) is 15.0 Å². The summed E-state index contributed by atoms with van der Waals surface area (Å²) in [5, 5.41) is 15.8. The zero-order valence-electron chi connectivity index (χ0n) is 12.6. The van der Waals surface area contributed by atoms with Gasteiger partial charge in [-0.05, 0) is 12.1 Å². The molecule has 3 rings (SSSR count). The third kappa shape index (κ3) is 2.67. The quantitative estimate of drug-likeness (QED) is 0.538. The van der Waals surface area contributed by atoms with Crippen LogP contribution in [0.2, 0.25) is 0 Å². The van der Waals surface area contributed by atoms with Gasteiger partial charge < -0.3 is 4.74 Å². The second-order valence-corrected chi connectivity index (χ2v) is 4.87. The SMILES string of the molecule is COc1cccc(-c2cn(-c3c(F)c(F)c(C#N)c(F)c3F)nn2)c1. The van der Waals surface area contributed by atoms with Crippen molar-refractivity contribution in [3.8, 4) is 28.8 Å². The molecule has 0 fully saturated rings. The van der Waals surface area contributed by atoms with Crippen LogP contribution in [0, 0.1) is 34.6 Å². The molecule has 25 heavy (non-hydrogen) atoms. The van der Waals surface area contributed by atoms with Crippen LogP contribution in [0.4, 0.5) is 17.6 Å².